The first kappa shape index (κ1) is 9.39. The Morgan fingerprint density at radius 1 is 1.53 bits per heavy atom. The third-order valence-electron chi connectivity index (χ3n) is 1.79. The zero-order chi connectivity index (χ0) is 10.7. The molecule has 0 aliphatic carbocycles. The van der Waals surface area contributed by atoms with Crippen LogP contribution < -0.4 is 5.32 Å². The van der Waals surface area contributed by atoms with Crippen LogP contribution in [0.1, 0.15) is 16.1 Å². The summed E-state index contributed by atoms with van der Waals surface area (Å²) in [6, 6.07) is 5.02. The van der Waals surface area contributed by atoms with Crippen LogP contribution in [-0.2, 0) is 0 Å². The number of nitrogens with zero attached hydrogens (tertiary/aromatic N) is 2. The van der Waals surface area contributed by atoms with Crippen LogP contribution in [0, 0.1) is 6.92 Å². The zero-order valence-corrected chi connectivity index (χ0v) is 8.10. The van der Waals surface area contributed by atoms with E-state index in [-0.39, 0.29) is 5.91 Å². The maximum atomic E-state index is 11.6. The third-order valence-corrected chi connectivity index (χ3v) is 1.79. The molecule has 0 spiro atoms. The predicted molar refractivity (Wildman–Crippen MR) is 53.4 cm³/mol. The minimum absolute atomic E-state index is 0.253. The molecular formula is C10H9N3O2. The van der Waals surface area contributed by atoms with Crippen LogP contribution >= 0.6 is 0 Å². The van der Waals surface area contributed by atoms with Crippen LogP contribution in [0.3, 0.4) is 0 Å². The highest BCUT2D eigenvalue weighted by atomic mass is 16.5. The van der Waals surface area contributed by atoms with Crippen molar-refractivity contribution in [3.05, 3.63) is 41.9 Å². The second-order valence-electron chi connectivity index (χ2n) is 3.02. The number of nitrogens with one attached hydrogen (secondary N) is 1. The lowest BCUT2D eigenvalue weighted by Gasteiger charge is -1.99. The van der Waals surface area contributed by atoms with E-state index >= 15 is 0 Å². The molecule has 0 radical (unpaired) electrons. The highest BCUT2D eigenvalue weighted by Gasteiger charge is 2.07. The van der Waals surface area contributed by atoms with Gasteiger partial charge >= 0.3 is 0 Å². The second-order valence-corrected chi connectivity index (χ2v) is 3.02. The van der Waals surface area contributed by atoms with Gasteiger partial charge in [0.15, 0.2) is 5.82 Å². The van der Waals surface area contributed by atoms with Crippen LogP contribution in [0.2, 0.25) is 0 Å². The van der Waals surface area contributed by atoms with Gasteiger partial charge in [-0.05, 0) is 19.1 Å². The van der Waals surface area contributed by atoms with Gasteiger partial charge in [0.05, 0.1) is 5.56 Å². The van der Waals surface area contributed by atoms with Gasteiger partial charge in [0.25, 0.3) is 5.91 Å². The topological polar surface area (TPSA) is 68.0 Å². The second kappa shape index (κ2) is 3.91. The number of amides is 1. The highest BCUT2D eigenvalue weighted by Crippen LogP contribution is 2.08. The molecule has 0 bridgehead atoms. The van der Waals surface area contributed by atoms with Crippen molar-refractivity contribution in [3.8, 4) is 0 Å². The van der Waals surface area contributed by atoms with Crippen molar-refractivity contribution in [1.82, 2.24) is 10.1 Å². The standard InChI is InChI=1S/C10H9N3O2/c1-7-5-9(13-15-7)12-10(14)8-3-2-4-11-6-8/h2-6H,1H3,(H,12,13,14). The first-order valence-electron chi connectivity index (χ1n) is 4.40. The van der Waals surface area contributed by atoms with E-state index < -0.39 is 0 Å². The molecule has 5 nitrogen and oxygen atoms in total. The summed E-state index contributed by atoms with van der Waals surface area (Å²) in [5.74, 6) is 0.800. The van der Waals surface area contributed by atoms with E-state index in [1.807, 2.05) is 0 Å². The Bertz CT molecular complexity index is 465. The molecule has 5 heteroatoms. The van der Waals surface area contributed by atoms with Gasteiger partial charge < -0.3 is 9.84 Å². The molecule has 1 amide bonds. The fourth-order valence-corrected chi connectivity index (χ4v) is 1.11. The van der Waals surface area contributed by atoms with Crippen molar-refractivity contribution in [3.63, 3.8) is 0 Å². The average molecular weight is 203 g/mol. The Labute approximate surface area is 86.1 Å². The quantitative estimate of drug-likeness (QED) is 0.805. The number of carbonyl (C=O) groups excluding carboxylic acids is 1. The molecule has 0 saturated heterocycles. The molecule has 0 saturated carbocycles. The van der Waals surface area contributed by atoms with Gasteiger partial charge in [-0.15, -0.1) is 0 Å². The number of pyridine rings is 1. The van der Waals surface area contributed by atoms with Crippen molar-refractivity contribution in [1.29, 1.82) is 0 Å². The molecule has 0 aromatic carbocycles. The van der Waals surface area contributed by atoms with Gasteiger partial charge in [-0.25, -0.2) is 0 Å². The van der Waals surface area contributed by atoms with Crippen molar-refractivity contribution in [2.75, 3.05) is 5.32 Å². The Morgan fingerprint density at radius 2 is 2.40 bits per heavy atom. The Balaban J connectivity index is 2.11. The summed E-state index contributed by atoms with van der Waals surface area (Å²) in [5.41, 5.74) is 0.484. The van der Waals surface area contributed by atoms with E-state index in [2.05, 4.69) is 15.5 Å². The molecule has 2 aromatic heterocycles. The third kappa shape index (κ3) is 2.19. The Hall–Kier alpha value is -2.17. The first-order valence-corrected chi connectivity index (χ1v) is 4.40. The van der Waals surface area contributed by atoms with Crippen LogP contribution in [0.4, 0.5) is 5.82 Å². The number of rotatable bonds is 2. The zero-order valence-electron chi connectivity index (χ0n) is 8.10. The van der Waals surface area contributed by atoms with Crippen molar-refractivity contribution < 1.29 is 9.32 Å². The summed E-state index contributed by atoms with van der Waals surface area (Å²) in [5, 5.41) is 6.25. The van der Waals surface area contributed by atoms with Gasteiger partial charge in [0, 0.05) is 18.5 Å². The van der Waals surface area contributed by atoms with E-state index in [0.29, 0.717) is 17.1 Å². The fraction of sp³-hybridized carbons (Fsp3) is 0.100. The van der Waals surface area contributed by atoms with E-state index in [4.69, 9.17) is 4.52 Å². The number of aromatic nitrogens is 2. The smallest absolute Gasteiger partial charge is 0.258 e. The number of aryl methyl sites for hydroxylation is 1. The van der Waals surface area contributed by atoms with E-state index in [0.717, 1.165) is 0 Å². The van der Waals surface area contributed by atoms with Crippen LogP contribution in [0.15, 0.2) is 35.1 Å². The van der Waals surface area contributed by atoms with Crippen LogP contribution in [0.5, 0.6) is 0 Å². The average Bonchev–Trinajstić information content (AvgIpc) is 2.65. The molecule has 76 valence electrons. The lowest BCUT2D eigenvalue weighted by molar-refractivity contribution is 0.102. The van der Waals surface area contributed by atoms with Crippen molar-refractivity contribution in [2.45, 2.75) is 6.92 Å². The minimum Gasteiger partial charge on any atom is -0.360 e. The lowest BCUT2D eigenvalue weighted by atomic mass is 10.3. The molecule has 0 aliphatic heterocycles. The molecular weight excluding hydrogens is 194 g/mol. The normalized spacial score (nSPS) is 9.93. The first-order chi connectivity index (χ1) is 7.25. The van der Waals surface area contributed by atoms with Crippen LogP contribution in [-0.4, -0.2) is 16.0 Å². The van der Waals surface area contributed by atoms with Gasteiger partial charge in [-0.3, -0.25) is 9.78 Å². The van der Waals surface area contributed by atoms with E-state index in [1.165, 1.54) is 6.20 Å². The molecule has 0 unspecified atom stereocenters. The number of hydrogen-bond acceptors (Lipinski definition) is 4. The Morgan fingerprint density at radius 3 is 3.00 bits per heavy atom. The van der Waals surface area contributed by atoms with Gasteiger partial charge in [0.1, 0.15) is 5.76 Å². The summed E-state index contributed by atoms with van der Waals surface area (Å²) in [4.78, 5) is 15.4. The lowest BCUT2D eigenvalue weighted by Crippen LogP contribution is -2.12. The number of anilines is 1. The van der Waals surface area contributed by atoms with E-state index in [1.54, 1.807) is 31.3 Å². The monoisotopic (exact) mass is 203 g/mol. The maximum Gasteiger partial charge on any atom is 0.258 e. The molecule has 2 heterocycles. The predicted octanol–water partition coefficient (Wildman–Crippen LogP) is 1.63. The summed E-state index contributed by atoms with van der Waals surface area (Å²) < 4.78 is 4.82. The van der Waals surface area contributed by atoms with E-state index in [9.17, 15) is 4.79 Å². The summed E-state index contributed by atoms with van der Waals surface area (Å²) in [7, 11) is 0. The molecule has 2 rings (SSSR count). The molecule has 0 fully saturated rings. The SMILES string of the molecule is Cc1cc(NC(=O)c2cccnc2)no1. The highest BCUT2D eigenvalue weighted by molar-refractivity contribution is 6.03. The molecule has 0 aliphatic rings. The van der Waals surface area contributed by atoms with Crippen LogP contribution in [0.25, 0.3) is 0 Å². The maximum absolute atomic E-state index is 11.6. The van der Waals surface area contributed by atoms with Gasteiger partial charge in [-0.1, -0.05) is 5.16 Å². The van der Waals surface area contributed by atoms with Crippen molar-refractivity contribution in [2.24, 2.45) is 0 Å². The number of hydrogen-bond donors (Lipinski definition) is 1. The molecule has 0 atom stereocenters. The Kier molecular flexibility index (Phi) is 2.45. The molecule has 15 heavy (non-hydrogen) atoms. The summed E-state index contributed by atoms with van der Waals surface area (Å²) in [6.45, 7) is 1.76. The molecule has 1 N–H and O–H groups in total. The summed E-state index contributed by atoms with van der Waals surface area (Å²) in [6.07, 6.45) is 3.10. The van der Waals surface area contributed by atoms with Gasteiger partial charge in [-0.2, -0.15) is 0 Å². The van der Waals surface area contributed by atoms with Crippen molar-refractivity contribution >= 4 is 11.7 Å². The summed E-state index contributed by atoms with van der Waals surface area (Å²) >= 11 is 0. The molecule has 2 aromatic rings. The number of carbonyl (C=O) groups is 1. The minimum atomic E-state index is -0.253. The largest absolute Gasteiger partial charge is 0.360 e. The van der Waals surface area contributed by atoms with Gasteiger partial charge in [0.2, 0.25) is 0 Å². The fourth-order valence-electron chi connectivity index (χ4n) is 1.11.